The number of halogens is 1. The maximum Gasteiger partial charge on any atom is 0.343 e. The van der Waals surface area contributed by atoms with Gasteiger partial charge in [0.15, 0.2) is 5.75 Å². The number of esters is 1. The largest absolute Gasteiger partial charge is 0.505 e. The molecule has 82 valence electrons. The molecule has 0 spiro atoms. The van der Waals surface area contributed by atoms with Gasteiger partial charge in [-0.05, 0) is 13.8 Å². The number of hydrogen-bond acceptors (Lipinski definition) is 4. The lowest BCUT2D eigenvalue weighted by Gasteiger charge is -2.07. The van der Waals surface area contributed by atoms with Crippen molar-refractivity contribution in [1.82, 2.24) is 4.98 Å². The lowest BCUT2D eigenvalue weighted by atomic mass is 10.2. The quantitative estimate of drug-likeness (QED) is 0.750. The van der Waals surface area contributed by atoms with Gasteiger partial charge in [0.25, 0.3) is 5.56 Å². The highest BCUT2D eigenvalue weighted by atomic mass is 35.5. The van der Waals surface area contributed by atoms with E-state index in [2.05, 4.69) is 4.98 Å². The Labute approximate surface area is 90.6 Å². The molecule has 0 aliphatic heterocycles. The SMILES string of the molecule is CCOC(=O)c1c(C)[nH]c(=O)c(Cl)c1O. The molecule has 0 amide bonds. The number of carbonyl (C=O) groups is 1. The molecule has 1 heterocycles. The Morgan fingerprint density at radius 1 is 1.60 bits per heavy atom. The van der Waals surface area contributed by atoms with Gasteiger partial charge in [0.1, 0.15) is 10.6 Å². The topological polar surface area (TPSA) is 79.4 Å². The van der Waals surface area contributed by atoms with Crippen molar-refractivity contribution in [2.24, 2.45) is 0 Å². The van der Waals surface area contributed by atoms with Crippen LogP contribution in [-0.4, -0.2) is 22.7 Å². The van der Waals surface area contributed by atoms with Crippen molar-refractivity contribution in [1.29, 1.82) is 0 Å². The molecule has 15 heavy (non-hydrogen) atoms. The summed E-state index contributed by atoms with van der Waals surface area (Å²) in [6, 6.07) is 0. The second-order valence-electron chi connectivity index (χ2n) is 2.84. The van der Waals surface area contributed by atoms with Gasteiger partial charge in [0, 0.05) is 5.69 Å². The number of rotatable bonds is 2. The predicted molar refractivity (Wildman–Crippen MR) is 54.4 cm³/mol. The van der Waals surface area contributed by atoms with Gasteiger partial charge >= 0.3 is 5.97 Å². The van der Waals surface area contributed by atoms with Crippen molar-refractivity contribution in [3.8, 4) is 5.75 Å². The Hall–Kier alpha value is -1.49. The van der Waals surface area contributed by atoms with Crippen molar-refractivity contribution >= 4 is 17.6 Å². The Balaban J connectivity index is 3.36. The summed E-state index contributed by atoms with van der Waals surface area (Å²) in [6.07, 6.45) is 0. The van der Waals surface area contributed by atoms with Gasteiger partial charge in [-0.15, -0.1) is 0 Å². The molecule has 0 fully saturated rings. The van der Waals surface area contributed by atoms with Gasteiger partial charge < -0.3 is 14.8 Å². The van der Waals surface area contributed by atoms with Crippen molar-refractivity contribution in [3.63, 3.8) is 0 Å². The van der Waals surface area contributed by atoms with Gasteiger partial charge in [0.2, 0.25) is 0 Å². The van der Waals surface area contributed by atoms with Gasteiger partial charge in [-0.2, -0.15) is 0 Å². The Bertz CT molecular complexity index is 452. The molecule has 2 N–H and O–H groups in total. The summed E-state index contributed by atoms with van der Waals surface area (Å²) in [4.78, 5) is 24.8. The lowest BCUT2D eigenvalue weighted by molar-refractivity contribution is 0.0521. The second kappa shape index (κ2) is 4.35. The number of hydrogen-bond donors (Lipinski definition) is 2. The fraction of sp³-hybridized carbons (Fsp3) is 0.333. The van der Waals surface area contributed by atoms with E-state index in [0.717, 1.165) is 0 Å². The molecule has 5 nitrogen and oxygen atoms in total. The summed E-state index contributed by atoms with van der Waals surface area (Å²) >= 11 is 5.50. The molecule has 0 atom stereocenters. The van der Waals surface area contributed by atoms with Crippen LogP contribution in [0.3, 0.4) is 0 Å². The predicted octanol–water partition coefficient (Wildman–Crippen LogP) is 1.22. The minimum absolute atomic E-state index is 0.110. The third kappa shape index (κ3) is 2.12. The van der Waals surface area contributed by atoms with Crippen LogP contribution in [0.5, 0.6) is 5.75 Å². The number of carbonyl (C=O) groups excluding carboxylic acids is 1. The number of aromatic nitrogens is 1. The maximum atomic E-state index is 11.4. The van der Waals surface area contributed by atoms with E-state index in [1.807, 2.05) is 0 Å². The van der Waals surface area contributed by atoms with Crippen molar-refractivity contribution in [2.45, 2.75) is 13.8 Å². The van der Waals surface area contributed by atoms with Crippen molar-refractivity contribution in [2.75, 3.05) is 6.61 Å². The summed E-state index contributed by atoms with van der Waals surface area (Å²) in [5, 5.41) is 9.09. The molecular weight excluding hydrogens is 222 g/mol. The van der Waals surface area contributed by atoms with Crippen LogP contribution in [0.15, 0.2) is 4.79 Å². The zero-order valence-electron chi connectivity index (χ0n) is 8.26. The van der Waals surface area contributed by atoms with Crippen LogP contribution in [-0.2, 0) is 4.74 Å². The molecule has 0 aliphatic rings. The molecule has 0 bridgehead atoms. The summed E-state index contributed by atoms with van der Waals surface area (Å²) in [6.45, 7) is 3.29. The summed E-state index contributed by atoms with van der Waals surface area (Å²) in [7, 11) is 0. The highest BCUT2D eigenvalue weighted by molar-refractivity contribution is 6.32. The van der Waals surface area contributed by atoms with E-state index in [9.17, 15) is 14.7 Å². The number of pyridine rings is 1. The zero-order valence-corrected chi connectivity index (χ0v) is 9.01. The lowest BCUT2D eigenvalue weighted by Crippen LogP contribution is -2.15. The number of ether oxygens (including phenoxy) is 1. The number of nitrogens with one attached hydrogen (secondary N) is 1. The van der Waals surface area contributed by atoms with E-state index in [4.69, 9.17) is 16.3 Å². The summed E-state index contributed by atoms with van der Waals surface area (Å²) in [5.74, 6) is -1.26. The summed E-state index contributed by atoms with van der Waals surface area (Å²) in [5.41, 5.74) is -0.526. The molecule has 0 unspecified atom stereocenters. The molecule has 0 aliphatic carbocycles. The first-order chi connectivity index (χ1) is 6.99. The molecule has 0 radical (unpaired) electrons. The Kier molecular flexibility index (Phi) is 3.36. The summed E-state index contributed by atoms with van der Waals surface area (Å²) < 4.78 is 4.70. The average Bonchev–Trinajstić information content (AvgIpc) is 2.15. The number of aryl methyl sites for hydroxylation is 1. The van der Waals surface area contributed by atoms with E-state index in [0.29, 0.717) is 0 Å². The molecule has 0 saturated heterocycles. The normalized spacial score (nSPS) is 10.1. The van der Waals surface area contributed by atoms with E-state index in [1.165, 1.54) is 6.92 Å². The van der Waals surface area contributed by atoms with Crippen LogP contribution in [0.25, 0.3) is 0 Å². The van der Waals surface area contributed by atoms with E-state index in [-0.39, 0.29) is 17.9 Å². The van der Waals surface area contributed by atoms with Crippen LogP contribution >= 0.6 is 11.6 Å². The van der Waals surface area contributed by atoms with Gasteiger partial charge in [-0.25, -0.2) is 4.79 Å². The first-order valence-electron chi connectivity index (χ1n) is 4.27. The second-order valence-corrected chi connectivity index (χ2v) is 3.22. The first-order valence-corrected chi connectivity index (χ1v) is 4.65. The highest BCUT2D eigenvalue weighted by Gasteiger charge is 2.20. The van der Waals surface area contributed by atoms with Crippen LogP contribution in [0.2, 0.25) is 5.02 Å². The zero-order chi connectivity index (χ0) is 11.6. The highest BCUT2D eigenvalue weighted by Crippen LogP contribution is 2.25. The minimum Gasteiger partial charge on any atom is -0.505 e. The molecular formula is C9H10ClNO4. The van der Waals surface area contributed by atoms with E-state index in [1.54, 1.807) is 6.92 Å². The molecule has 1 aromatic heterocycles. The monoisotopic (exact) mass is 231 g/mol. The number of H-pyrrole nitrogens is 1. The molecule has 6 heteroatoms. The van der Waals surface area contributed by atoms with Crippen molar-refractivity contribution in [3.05, 3.63) is 26.6 Å². The first kappa shape index (κ1) is 11.6. The van der Waals surface area contributed by atoms with Gasteiger partial charge in [-0.1, -0.05) is 11.6 Å². The fourth-order valence-corrected chi connectivity index (χ4v) is 1.28. The van der Waals surface area contributed by atoms with Gasteiger partial charge in [0.05, 0.1) is 6.61 Å². The smallest absolute Gasteiger partial charge is 0.343 e. The molecule has 0 saturated carbocycles. The standard InChI is InChI=1S/C9H10ClNO4/c1-3-15-9(14)5-4(2)11-8(13)6(10)7(5)12/h3H2,1-2H3,(H2,11,12,13). The average molecular weight is 232 g/mol. The third-order valence-corrected chi connectivity index (χ3v) is 2.15. The third-order valence-electron chi connectivity index (χ3n) is 1.80. The Morgan fingerprint density at radius 2 is 2.20 bits per heavy atom. The molecule has 0 aromatic carbocycles. The molecule has 1 rings (SSSR count). The fourth-order valence-electron chi connectivity index (χ4n) is 1.14. The Morgan fingerprint density at radius 3 is 2.73 bits per heavy atom. The van der Waals surface area contributed by atoms with Crippen molar-refractivity contribution < 1.29 is 14.6 Å². The molecule has 1 aromatic rings. The maximum absolute atomic E-state index is 11.4. The van der Waals surface area contributed by atoms with Crippen LogP contribution in [0.4, 0.5) is 0 Å². The number of aromatic amines is 1. The van der Waals surface area contributed by atoms with Crippen LogP contribution in [0, 0.1) is 6.92 Å². The van der Waals surface area contributed by atoms with Gasteiger partial charge in [-0.3, -0.25) is 4.79 Å². The number of aromatic hydroxyl groups is 1. The minimum atomic E-state index is -0.717. The van der Waals surface area contributed by atoms with Crippen LogP contribution in [0.1, 0.15) is 23.0 Å². The van der Waals surface area contributed by atoms with E-state index >= 15 is 0 Å². The van der Waals surface area contributed by atoms with E-state index < -0.39 is 22.3 Å². The van der Waals surface area contributed by atoms with Crippen LogP contribution < -0.4 is 5.56 Å².